The normalized spacial score (nSPS) is 12.2. The third kappa shape index (κ3) is 2.86. The Morgan fingerprint density at radius 1 is 1.38 bits per heavy atom. The summed E-state index contributed by atoms with van der Waals surface area (Å²) in [6.07, 6.45) is 1.80. The Morgan fingerprint density at radius 2 is 2.19 bits per heavy atom. The van der Waals surface area contributed by atoms with Gasteiger partial charge in [0.2, 0.25) is 0 Å². The van der Waals surface area contributed by atoms with Crippen molar-refractivity contribution in [3.8, 4) is 0 Å². The smallest absolute Gasteiger partial charge is 0.127 e. The van der Waals surface area contributed by atoms with E-state index in [1.807, 2.05) is 35.7 Å². The van der Waals surface area contributed by atoms with E-state index in [-0.39, 0.29) is 6.04 Å². The molecule has 1 unspecified atom stereocenters. The average molecular weight is 314 g/mol. The number of nitrogens with two attached hydrogens (primary N) is 1. The number of aromatic nitrogens is 2. The van der Waals surface area contributed by atoms with E-state index in [2.05, 4.69) is 22.2 Å². The second kappa shape index (κ2) is 5.75. The lowest BCUT2D eigenvalue weighted by molar-refractivity contribution is 0.862. The van der Waals surface area contributed by atoms with Crippen LogP contribution in [-0.4, -0.2) is 15.0 Å². The number of pyridine rings is 1. The van der Waals surface area contributed by atoms with Crippen molar-refractivity contribution in [1.29, 1.82) is 0 Å². The van der Waals surface area contributed by atoms with Crippen molar-refractivity contribution in [2.24, 2.45) is 5.73 Å². The molecule has 0 saturated carbocycles. The van der Waals surface area contributed by atoms with Gasteiger partial charge in [-0.2, -0.15) is 0 Å². The highest BCUT2D eigenvalue weighted by Gasteiger charge is 2.12. The molecule has 0 aliphatic rings. The van der Waals surface area contributed by atoms with Crippen LogP contribution in [0.15, 0.2) is 41.9 Å². The van der Waals surface area contributed by atoms with Crippen molar-refractivity contribution in [3.05, 3.63) is 52.5 Å². The number of fused-ring (bicyclic) bond motifs is 1. The Hall–Kier alpha value is -2.05. The zero-order chi connectivity index (χ0) is 14.8. The maximum absolute atomic E-state index is 5.84. The van der Waals surface area contributed by atoms with E-state index in [4.69, 9.17) is 18.0 Å². The van der Waals surface area contributed by atoms with Gasteiger partial charge in [0.1, 0.15) is 15.8 Å². The molecular weight excluding hydrogens is 300 g/mol. The van der Waals surface area contributed by atoms with Gasteiger partial charge in [-0.1, -0.05) is 30.4 Å². The summed E-state index contributed by atoms with van der Waals surface area (Å²) in [4.78, 5) is 9.30. The van der Waals surface area contributed by atoms with Crippen LogP contribution in [0.25, 0.3) is 10.9 Å². The maximum Gasteiger partial charge on any atom is 0.127 e. The molecule has 2 aromatic heterocycles. The van der Waals surface area contributed by atoms with Gasteiger partial charge in [0, 0.05) is 22.5 Å². The number of hydrogen-bond acceptors (Lipinski definition) is 5. The predicted molar refractivity (Wildman–Crippen MR) is 91.8 cm³/mol. The molecular formula is C15H14N4S2. The average Bonchev–Trinajstić information content (AvgIpc) is 3.00. The summed E-state index contributed by atoms with van der Waals surface area (Å²) in [6.45, 7) is 2.05. The van der Waals surface area contributed by atoms with E-state index in [9.17, 15) is 0 Å². The zero-order valence-corrected chi connectivity index (χ0v) is 13.0. The van der Waals surface area contributed by atoms with E-state index < -0.39 is 0 Å². The summed E-state index contributed by atoms with van der Waals surface area (Å²) in [6, 6.07) is 9.82. The van der Waals surface area contributed by atoms with Crippen LogP contribution >= 0.6 is 23.6 Å². The van der Waals surface area contributed by atoms with Crippen LogP contribution in [0.4, 0.5) is 5.82 Å². The molecule has 0 radical (unpaired) electrons. The van der Waals surface area contributed by atoms with Crippen molar-refractivity contribution in [2.75, 3.05) is 5.32 Å². The van der Waals surface area contributed by atoms with Crippen LogP contribution < -0.4 is 11.1 Å². The van der Waals surface area contributed by atoms with Crippen LogP contribution in [0.1, 0.15) is 23.5 Å². The van der Waals surface area contributed by atoms with Crippen LogP contribution in [0.2, 0.25) is 0 Å². The van der Waals surface area contributed by atoms with Crippen LogP contribution in [0, 0.1) is 0 Å². The molecule has 0 amide bonds. The Morgan fingerprint density at radius 3 is 2.90 bits per heavy atom. The van der Waals surface area contributed by atoms with Crippen molar-refractivity contribution >= 4 is 45.3 Å². The summed E-state index contributed by atoms with van der Waals surface area (Å²) in [7, 11) is 0. The number of para-hydroxylation sites is 1. The van der Waals surface area contributed by atoms with Gasteiger partial charge in [-0.25, -0.2) is 9.97 Å². The summed E-state index contributed by atoms with van der Waals surface area (Å²) in [5.74, 6) is 0.749. The van der Waals surface area contributed by atoms with Crippen molar-refractivity contribution in [3.63, 3.8) is 0 Å². The monoisotopic (exact) mass is 314 g/mol. The predicted octanol–water partition coefficient (Wildman–Crippen LogP) is 3.50. The number of hydrogen-bond donors (Lipinski definition) is 2. The van der Waals surface area contributed by atoms with Gasteiger partial charge < -0.3 is 11.1 Å². The third-order valence-corrected chi connectivity index (χ3v) is 4.35. The number of benzene rings is 1. The Labute approximate surface area is 132 Å². The fourth-order valence-electron chi connectivity index (χ4n) is 2.19. The molecule has 3 rings (SSSR count). The summed E-state index contributed by atoms with van der Waals surface area (Å²) in [5, 5.41) is 7.30. The van der Waals surface area contributed by atoms with E-state index in [1.165, 1.54) is 0 Å². The van der Waals surface area contributed by atoms with Crippen molar-refractivity contribution < 1.29 is 0 Å². The van der Waals surface area contributed by atoms with Gasteiger partial charge in [0.15, 0.2) is 0 Å². The number of nitrogens with zero attached hydrogens (tertiary/aromatic N) is 2. The lowest BCUT2D eigenvalue weighted by atomic mass is 10.1. The van der Waals surface area contributed by atoms with Crippen molar-refractivity contribution in [2.45, 2.75) is 13.0 Å². The highest BCUT2D eigenvalue weighted by molar-refractivity contribution is 7.80. The van der Waals surface area contributed by atoms with Crippen molar-refractivity contribution in [1.82, 2.24) is 9.97 Å². The van der Waals surface area contributed by atoms with E-state index >= 15 is 0 Å². The Bertz CT molecular complexity index is 783. The molecule has 0 saturated heterocycles. The largest absolute Gasteiger partial charge is 0.389 e. The first-order valence-corrected chi connectivity index (χ1v) is 7.79. The summed E-state index contributed by atoms with van der Waals surface area (Å²) < 4.78 is 0. The molecule has 1 aromatic carbocycles. The number of nitrogens with one attached hydrogen (secondary N) is 1. The van der Waals surface area contributed by atoms with Gasteiger partial charge in [0.05, 0.1) is 11.6 Å². The molecule has 106 valence electrons. The molecule has 1 atom stereocenters. The second-order valence-electron chi connectivity index (χ2n) is 4.67. The van der Waals surface area contributed by atoms with Crippen LogP contribution in [0.3, 0.4) is 0 Å². The molecule has 4 nitrogen and oxygen atoms in total. The highest BCUT2D eigenvalue weighted by atomic mass is 32.1. The maximum atomic E-state index is 5.84. The number of anilines is 1. The molecule has 6 heteroatoms. The van der Waals surface area contributed by atoms with E-state index in [0.717, 1.165) is 27.3 Å². The number of thiocarbonyl (C=S) groups is 1. The van der Waals surface area contributed by atoms with Gasteiger partial charge in [-0.15, -0.1) is 11.3 Å². The molecule has 0 bridgehead atoms. The molecule has 0 aliphatic carbocycles. The lowest BCUT2D eigenvalue weighted by Crippen LogP contribution is -2.13. The lowest BCUT2D eigenvalue weighted by Gasteiger charge is -2.14. The van der Waals surface area contributed by atoms with Crippen LogP contribution in [0.5, 0.6) is 0 Å². The topological polar surface area (TPSA) is 63.8 Å². The molecule has 2 heterocycles. The molecule has 21 heavy (non-hydrogen) atoms. The standard InChI is InChI=1S/C15H14N4S2/c1-9(15-17-6-7-21-15)18-13-8-11(14(16)20)10-4-2-3-5-12(10)19-13/h2-9H,1H3,(H2,16,20)(H,18,19). The summed E-state index contributed by atoms with van der Waals surface area (Å²) >= 11 is 6.77. The minimum Gasteiger partial charge on any atom is -0.389 e. The molecule has 3 aromatic rings. The molecule has 0 fully saturated rings. The Balaban J connectivity index is 2.01. The van der Waals surface area contributed by atoms with E-state index in [0.29, 0.717) is 4.99 Å². The number of rotatable bonds is 4. The molecule has 0 aliphatic heterocycles. The SMILES string of the molecule is CC(Nc1cc(C(N)=S)c2ccccc2n1)c1nccs1. The van der Waals surface area contributed by atoms with Gasteiger partial charge in [-0.3, -0.25) is 0 Å². The highest BCUT2D eigenvalue weighted by Crippen LogP contribution is 2.24. The first-order chi connectivity index (χ1) is 10.1. The summed E-state index contributed by atoms with van der Waals surface area (Å²) in [5.41, 5.74) is 7.55. The first kappa shape index (κ1) is 13.9. The number of thiazole rings is 1. The minimum absolute atomic E-state index is 0.0814. The third-order valence-electron chi connectivity index (χ3n) is 3.17. The second-order valence-corrected chi connectivity index (χ2v) is 6.04. The van der Waals surface area contributed by atoms with Gasteiger partial charge in [0.25, 0.3) is 0 Å². The first-order valence-electron chi connectivity index (χ1n) is 6.50. The zero-order valence-electron chi connectivity index (χ0n) is 11.4. The van der Waals surface area contributed by atoms with E-state index in [1.54, 1.807) is 17.5 Å². The Kier molecular flexibility index (Phi) is 3.81. The minimum atomic E-state index is 0.0814. The van der Waals surface area contributed by atoms with Gasteiger partial charge in [-0.05, 0) is 19.1 Å². The fraction of sp³-hybridized carbons (Fsp3) is 0.133. The quantitative estimate of drug-likeness (QED) is 0.722. The van der Waals surface area contributed by atoms with Crippen LogP contribution in [-0.2, 0) is 0 Å². The van der Waals surface area contributed by atoms with Gasteiger partial charge >= 0.3 is 0 Å². The molecule has 3 N–H and O–H groups in total. The molecule has 0 spiro atoms. The fourth-order valence-corrected chi connectivity index (χ4v) is 3.00.